The van der Waals surface area contributed by atoms with Gasteiger partial charge >= 0.3 is 0 Å². The van der Waals surface area contributed by atoms with Crippen LogP contribution in [0.15, 0.2) is 41.4 Å². The van der Waals surface area contributed by atoms with Crippen LogP contribution in [0, 0.1) is 6.92 Å². The van der Waals surface area contributed by atoms with Gasteiger partial charge < -0.3 is 20.3 Å². The number of methoxy groups -OCH3 is 1. The van der Waals surface area contributed by atoms with E-state index in [1.54, 1.807) is 7.11 Å². The van der Waals surface area contributed by atoms with Gasteiger partial charge in [-0.2, -0.15) is 0 Å². The van der Waals surface area contributed by atoms with Crippen molar-refractivity contribution in [2.24, 2.45) is 4.99 Å². The van der Waals surface area contributed by atoms with Crippen LogP contribution >= 0.6 is 35.3 Å². The molecule has 5 nitrogen and oxygen atoms in total. The van der Waals surface area contributed by atoms with Crippen molar-refractivity contribution in [2.45, 2.75) is 25.9 Å². The number of hydrogen-bond donors (Lipinski definition) is 2. The largest absolute Gasteiger partial charge is 0.497 e. The molecule has 0 radical (unpaired) electrons. The van der Waals surface area contributed by atoms with Gasteiger partial charge in [-0.25, -0.2) is 0 Å². The van der Waals surface area contributed by atoms with E-state index in [0.29, 0.717) is 6.04 Å². The molecule has 26 heavy (non-hydrogen) atoms. The molecule has 0 saturated carbocycles. The van der Waals surface area contributed by atoms with Gasteiger partial charge in [0.15, 0.2) is 5.96 Å². The van der Waals surface area contributed by atoms with E-state index in [9.17, 15) is 0 Å². The van der Waals surface area contributed by atoms with E-state index in [0.717, 1.165) is 37.8 Å². The van der Waals surface area contributed by atoms with Crippen molar-refractivity contribution in [3.05, 3.63) is 46.2 Å². The fraction of sp³-hybridized carbons (Fsp3) is 0.421. The number of guanidine groups is 1. The first-order chi connectivity index (χ1) is 12.2. The van der Waals surface area contributed by atoms with E-state index in [1.807, 2.05) is 30.5 Å². The first kappa shape index (κ1) is 20.8. The Kier molecular flexibility index (Phi) is 8.02. The summed E-state index contributed by atoms with van der Waals surface area (Å²) in [5, 5.41) is 6.95. The third-order valence-electron chi connectivity index (χ3n) is 4.40. The highest BCUT2D eigenvalue weighted by Crippen LogP contribution is 2.24. The molecular weight excluding hydrogens is 459 g/mol. The maximum Gasteiger partial charge on any atom is 0.191 e. The summed E-state index contributed by atoms with van der Waals surface area (Å²) in [4.78, 5) is 9.41. The van der Waals surface area contributed by atoms with Gasteiger partial charge in [0.2, 0.25) is 0 Å². The number of ether oxygens (including phenoxy) is 1. The molecule has 3 rings (SSSR count). The standard InChI is InChI=1S/C19H26N4OS.HI/c1-14-7-8-18(25-14)12-21-19(20-2)22-15-9-10-23(13-15)16-5-4-6-17(11-16)24-3;/h4-8,11,15H,9-10,12-13H2,1-3H3,(H2,20,21,22);1H. The highest BCUT2D eigenvalue weighted by Gasteiger charge is 2.23. The number of halogens is 1. The second-order valence-electron chi connectivity index (χ2n) is 6.22. The molecule has 2 aromatic rings. The Morgan fingerprint density at radius 2 is 2.19 bits per heavy atom. The molecule has 0 bridgehead atoms. The minimum atomic E-state index is 0. The van der Waals surface area contributed by atoms with Crippen LogP contribution in [0.5, 0.6) is 5.75 Å². The lowest BCUT2D eigenvalue weighted by Gasteiger charge is -2.20. The van der Waals surface area contributed by atoms with Crippen LogP contribution in [-0.2, 0) is 6.54 Å². The molecule has 1 aromatic carbocycles. The van der Waals surface area contributed by atoms with Crippen molar-refractivity contribution in [3.8, 4) is 5.75 Å². The molecule has 1 atom stereocenters. The number of nitrogens with zero attached hydrogens (tertiary/aromatic N) is 2. The quantitative estimate of drug-likeness (QED) is 0.385. The Balaban J connectivity index is 0.00000243. The number of thiophene rings is 1. The summed E-state index contributed by atoms with van der Waals surface area (Å²) in [5.41, 5.74) is 1.21. The molecule has 1 saturated heterocycles. The lowest BCUT2D eigenvalue weighted by Crippen LogP contribution is -2.44. The van der Waals surface area contributed by atoms with E-state index < -0.39 is 0 Å². The number of aryl methyl sites for hydroxylation is 1. The van der Waals surface area contributed by atoms with Crippen molar-refractivity contribution < 1.29 is 4.74 Å². The lowest BCUT2D eigenvalue weighted by atomic mass is 10.2. The van der Waals surface area contributed by atoms with Crippen molar-refractivity contribution in [1.29, 1.82) is 0 Å². The molecule has 1 aromatic heterocycles. The molecular formula is C19H27IN4OS. The molecule has 0 amide bonds. The molecule has 1 aliphatic heterocycles. The topological polar surface area (TPSA) is 48.9 Å². The number of aliphatic imine (C=N–C) groups is 1. The zero-order valence-electron chi connectivity index (χ0n) is 15.5. The average molecular weight is 486 g/mol. The molecule has 1 unspecified atom stereocenters. The average Bonchev–Trinajstić information content (AvgIpc) is 3.27. The van der Waals surface area contributed by atoms with Gasteiger partial charge in [-0.1, -0.05) is 6.07 Å². The van der Waals surface area contributed by atoms with Gasteiger partial charge in [-0.3, -0.25) is 4.99 Å². The second-order valence-corrected chi connectivity index (χ2v) is 7.59. The molecule has 2 heterocycles. The third-order valence-corrected chi connectivity index (χ3v) is 5.40. The maximum atomic E-state index is 5.33. The Hall–Kier alpha value is -1.48. The van der Waals surface area contributed by atoms with Crippen molar-refractivity contribution >= 4 is 47.0 Å². The predicted octanol–water partition coefficient (Wildman–Crippen LogP) is 3.63. The number of benzene rings is 1. The molecule has 0 spiro atoms. The molecule has 2 N–H and O–H groups in total. The minimum Gasteiger partial charge on any atom is -0.497 e. The molecule has 142 valence electrons. The zero-order chi connectivity index (χ0) is 17.6. The summed E-state index contributed by atoms with van der Waals surface area (Å²) in [6.07, 6.45) is 1.09. The molecule has 1 fully saturated rings. The van der Waals surface area contributed by atoms with Crippen molar-refractivity contribution in [1.82, 2.24) is 10.6 Å². The van der Waals surface area contributed by atoms with E-state index >= 15 is 0 Å². The number of hydrogen-bond acceptors (Lipinski definition) is 4. The minimum absolute atomic E-state index is 0. The van der Waals surface area contributed by atoms with Crippen molar-refractivity contribution in [3.63, 3.8) is 0 Å². The van der Waals surface area contributed by atoms with Crippen LogP contribution in [0.4, 0.5) is 5.69 Å². The van der Waals surface area contributed by atoms with Crippen LogP contribution < -0.4 is 20.3 Å². The van der Waals surface area contributed by atoms with E-state index in [-0.39, 0.29) is 24.0 Å². The van der Waals surface area contributed by atoms with E-state index in [1.165, 1.54) is 15.4 Å². The van der Waals surface area contributed by atoms with Gasteiger partial charge in [0.1, 0.15) is 5.75 Å². The summed E-state index contributed by atoms with van der Waals surface area (Å²) in [5.74, 6) is 1.76. The fourth-order valence-corrected chi connectivity index (χ4v) is 3.89. The predicted molar refractivity (Wildman–Crippen MR) is 121 cm³/mol. The normalized spacial score (nSPS) is 17.0. The fourth-order valence-electron chi connectivity index (χ4n) is 3.06. The maximum absolute atomic E-state index is 5.33. The van der Waals surface area contributed by atoms with E-state index in [4.69, 9.17) is 4.74 Å². The Morgan fingerprint density at radius 3 is 2.88 bits per heavy atom. The first-order valence-corrected chi connectivity index (χ1v) is 9.41. The molecule has 1 aliphatic rings. The number of rotatable bonds is 5. The Labute approximate surface area is 176 Å². The zero-order valence-corrected chi connectivity index (χ0v) is 18.6. The Bertz CT molecular complexity index is 734. The van der Waals surface area contributed by atoms with Crippen LogP contribution in [0.25, 0.3) is 0 Å². The van der Waals surface area contributed by atoms with Gasteiger partial charge in [-0.05, 0) is 37.6 Å². The number of nitrogens with one attached hydrogen (secondary N) is 2. The molecule has 0 aliphatic carbocycles. The number of anilines is 1. The van der Waals surface area contributed by atoms with Crippen LogP contribution in [0.3, 0.4) is 0 Å². The van der Waals surface area contributed by atoms with Gasteiger partial charge in [-0.15, -0.1) is 35.3 Å². The highest BCUT2D eigenvalue weighted by atomic mass is 127. The third kappa shape index (κ3) is 5.51. The van der Waals surface area contributed by atoms with Crippen LogP contribution in [0.1, 0.15) is 16.2 Å². The highest BCUT2D eigenvalue weighted by molar-refractivity contribution is 14.0. The van der Waals surface area contributed by atoms with Gasteiger partial charge in [0.05, 0.1) is 13.7 Å². The second kappa shape index (κ2) is 10.0. The summed E-state index contributed by atoms with van der Waals surface area (Å²) < 4.78 is 5.33. The summed E-state index contributed by atoms with van der Waals surface area (Å²) in [6, 6.07) is 13.0. The monoisotopic (exact) mass is 486 g/mol. The van der Waals surface area contributed by atoms with Crippen LogP contribution in [0.2, 0.25) is 0 Å². The lowest BCUT2D eigenvalue weighted by molar-refractivity contribution is 0.415. The summed E-state index contributed by atoms with van der Waals surface area (Å²) in [7, 11) is 3.53. The summed E-state index contributed by atoms with van der Waals surface area (Å²) in [6.45, 7) is 4.94. The van der Waals surface area contributed by atoms with Crippen molar-refractivity contribution in [2.75, 3.05) is 32.1 Å². The molecule has 7 heteroatoms. The SMILES string of the molecule is CN=C(NCc1ccc(C)s1)NC1CCN(c2cccc(OC)c2)C1.I. The smallest absolute Gasteiger partial charge is 0.191 e. The summed E-state index contributed by atoms with van der Waals surface area (Å²) >= 11 is 1.82. The Morgan fingerprint density at radius 1 is 1.35 bits per heavy atom. The first-order valence-electron chi connectivity index (χ1n) is 8.59. The van der Waals surface area contributed by atoms with E-state index in [2.05, 4.69) is 51.7 Å². The van der Waals surface area contributed by atoms with Crippen LogP contribution in [-0.4, -0.2) is 39.2 Å². The van der Waals surface area contributed by atoms with Gasteiger partial charge in [0, 0.05) is 47.7 Å². The van der Waals surface area contributed by atoms with Gasteiger partial charge in [0.25, 0.3) is 0 Å².